The number of aryl methyl sites for hydroxylation is 2. The highest BCUT2D eigenvalue weighted by Gasteiger charge is 2.16. The van der Waals surface area contributed by atoms with Gasteiger partial charge in [0.25, 0.3) is 0 Å². The van der Waals surface area contributed by atoms with Gasteiger partial charge in [-0.05, 0) is 49.4 Å². The van der Waals surface area contributed by atoms with Crippen LogP contribution in [-0.4, -0.2) is 17.1 Å². The molecule has 0 aliphatic rings. The van der Waals surface area contributed by atoms with Gasteiger partial charge in [0.05, 0.1) is 0 Å². The van der Waals surface area contributed by atoms with E-state index in [0.29, 0.717) is 6.42 Å². The van der Waals surface area contributed by atoms with Crippen LogP contribution in [0.15, 0.2) is 10.5 Å². The zero-order valence-electron chi connectivity index (χ0n) is 9.67. The second-order valence-corrected chi connectivity index (χ2v) is 4.87. The molecule has 1 aromatic carbocycles. The number of aliphatic carboxylic acids is 1. The van der Waals surface area contributed by atoms with Crippen LogP contribution in [0.5, 0.6) is 0 Å². The summed E-state index contributed by atoms with van der Waals surface area (Å²) in [5.74, 6) is -0.963. The monoisotopic (exact) mass is 285 g/mol. The van der Waals surface area contributed by atoms with Crippen LogP contribution in [0.4, 0.5) is 0 Å². The zero-order valence-corrected chi connectivity index (χ0v) is 11.3. The molecule has 0 fully saturated rings. The molecular formula is C12H16BrNO2. The van der Waals surface area contributed by atoms with Gasteiger partial charge in [0.15, 0.2) is 0 Å². The van der Waals surface area contributed by atoms with Gasteiger partial charge in [-0.15, -0.1) is 0 Å². The molecule has 0 saturated carbocycles. The largest absolute Gasteiger partial charge is 0.480 e. The fraction of sp³-hybridized carbons (Fsp3) is 0.417. The van der Waals surface area contributed by atoms with Crippen molar-refractivity contribution in [1.29, 1.82) is 0 Å². The Hall–Kier alpha value is -0.870. The standard InChI is InChI=1S/C12H16BrNO2/c1-6-4-7(2)11(13)8(3)9(6)5-10(14)12(15)16/h4,10H,5,14H2,1-3H3,(H,15,16). The molecule has 88 valence electrons. The summed E-state index contributed by atoms with van der Waals surface area (Å²) in [7, 11) is 0. The van der Waals surface area contributed by atoms with E-state index < -0.39 is 12.0 Å². The van der Waals surface area contributed by atoms with Crippen LogP contribution >= 0.6 is 15.9 Å². The van der Waals surface area contributed by atoms with E-state index in [9.17, 15) is 4.79 Å². The number of carboxylic acids is 1. The van der Waals surface area contributed by atoms with Gasteiger partial charge in [0, 0.05) is 4.47 Å². The zero-order chi connectivity index (χ0) is 12.5. The Morgan fingerprint density at radius 2 is 2.00 bits per heavy atom. The molecule has 0 bridgehead atoms. The van der Waals surface area contributed by atoms with Crippen molar-refractivity contribution in [3.05, 3.63) is 32.8 Å². The lowest BCUT2D eigenvalue weighted by molar-refractivity contribution is -0.138. The van der Waals surface area contributed by atoms with Gasteiger partial charge in [0.1, 0.15) is 6.04 Å². The summed E-state index contributed by atoms with van der Waals surface area (Å²) in [6.45, 7) is 5.98. The van der Waals surface area contributed by atoms with E-state index in [4.69, 9.17) is 10.8 Å². The highest BCUT2D eigenvalue weighted by Crippen LogP contribution is 2.27. The second kappa shape index (κ2) is 4.97. The predicted octanol–water partition coefficient (Wildman–Crippen LogP) is 2.33. The van der Waals surface area contributed by atoms with Crippen molar-refractivity contribution >= 4 is 21.9 Å². The van der Waals surface area contributed by atoms with E-state index in [-0.39, 0.29) is 0 Å². The van der Waals surface area contributed by atoms with Gasteiger partial charge in [-0.25, -0.2) is 0 Å². The number of rotatable bonds is 3. The average molecular weight is 286 g/mol. The Balaban J connectivity index is 3.14. The molecule has 1 aromatic rings. The third-order valence-corrected chi connectivity index (χ3v) is 4.00. The summed E-state index contributed by atoms with van der Waals surface area (Å²) < 4.78 is 1.03. The first-order valence-corrected chi connectivity index (χ1v) is 5.87. The minimum Gasteiger partial charge on any atom is -0.480 e. The SMILES string of the molecule is Cc1cc(C)c(CC(N)C(=O)O)c(C)c1Br. The number of hydrogen-bond acceptors (Lipinski definition) is 2. The molecule has 0 heterocycles. The first-order chi connectivity index (χ1) is 7.34. The van der Waals surface area contributed by atoms with E-state index in [0.717, 1.165) is 26.7 Å². The van der Waals surface area contributed by atoms with Crippen LogP contribution in [-0.2, 0) is 11.2 Å². The lowest BCUT2D eigenvalue weighted by Crippen LogP contribution is -2.32. The normalized spacial score (nSPS) is 12.6. The van der Waals surface area contributed by atoms with E-state index in [1.54, 1.807) is 0 Å². The first-order valence-electron chi connectivity index (χ1n) is 5.08. The maximum Gasteiger partial charge on any atom is 0.320 e. The van der Waals surface area contributed by atoms with Crippen molar-refractivity contribution in [3.8, 4) is 0 Å². The molecule has 0 aliphatic carbocycles. The van der Waals surface area contributed by atoms with Crippen LogP contribution in [0.2, 0.25) is 0 Å². The molecule has 16 heavy (non-hydrogen) atoms. The summed E-state index contributed by atoms with van der Waals surface area (Å²) in [6, 6.07) is 1.20. The van der Waals surface area contributed by atoms with Crippen molar-refractivity contribution in [3.63, 3.8) is 0 Å². The molecule has 0 aromatic heterocycles. The van der Waals surface area contributed by atoms with Gasteiger partial charge in [-0.2, -0.15) is 0 Å². The molecule has 1 rings (SSSR count). The summed E-state index contributed by atoms with van der Waals surface area (Å²) in [6.07, 6.45) is 0.367. The Labute approximate surface area is 104 Å². The summed E-state index contributed by atoms with van der Waals surface area (Å²) in [5.41, 5.74) is 9.91. The Bertz CT molecular complexity index is 430. The first kappa shape index (κ1) is 13.2. The Morgan fingerprint density at radius 1 is 1.44 bits per heavy atom. The Kier molecular flexibility index (Phi) is 4.10. The number of benzene rings is 1. The van der Waals surface area contributed by atoms with Crippen LogP contribution in [0.1, 0.15) is 22.3 Å². The molecule has 1 unspecified atom stereocenters. The average Bonchev–Trinajstić information content (AvgIpc) is 2.20. The smallest absolute Gasteiger partial charge is 0.320 e. The maximum absolute atomic E-state index is 10.7. The quantitative estimate of drug-likeness (QED) is 0.896. The summed E-state index contributed by atoms with van der Waals surface area (Å²) in [4.78, 5) is 10.7. The molecule has 0 aliphatic heterocycles. The number of halogens is 1. The van der Waals surface area contributed by atoms with E-state index in [1.807, 2.05) is 26.8 Å². The summed E-state index contributed by atoms with van der Waals surface area (Å²) in [5, 5.41) is 8.81. The van der Waals surface area contributed by atoms with Crippen molar-refractivity contribution < 1.29 is 9.90 Å². The van der Waals surface area contributed by atoms with E-state index in [2.05, 4.69) is 15.9 Å². The highest BCUT2D eigenvalue weighted by molar-refractivity contribution is 9.10. The lowest BCUT2D eigenvalue weighted by atomic mass is 9.95. The van der Waals surface area contributed by atoms with Crippen LogP contribution in [0, 0.1) is 20.8 Å². The third-order valence-electron chi connectivity index (χ3n) is 2.78. The molecular weight excluding hydrogens is 270 g/mol. The fourth-order valence-corrected chi connectivity index (χ4v) is 2.17. The number of carboxylic acid groups (broad SMARTS) is 1. The molecule has 4 heteroatoms. The van der Waals surface area contributed by atoms with Gasteiger partial charge < -0.3 is 10.8 Å². The van der Waals surface area contributed by atoms with Crippen LogP contribution < -0.4 is 5.73 Å². The van der Waals surface area contributed by atoms with E-state index >= 15 is 0 Å². The lowest BCUT2D eigenvalue weighted by Gasteiger charge is -2.15. The minimum atomic E-state index is -0.963. The minimum absolute atomic E-state index is 0.367. The van der Waals surface area contributed by atoms with Gasteiger partial charge >= 0.3 is 5.97 Å². The molecule has 0 amide bonds. The topological polar surface area (TPSA) is 63.3 Å². The van der Waals surface area contributed by atoms with E-state index in [1.165, 1.54) is 0 Å². The number of carbonyl (C=O) groups is 1. The second-order valence-electron chi connectivity index (χ2n) is 4.08. The van der Waals surface area contributed by atoms with Crippen molar-refractivity contribution in [2.45, 2.75) is 33.2 Å². The molecule has 1 atom stereocenters. The maximum atomic E-state index is 10.7. The van der Waals surface area contributed by atoms with Gasteiger partial charge in [-0.3, -0.25) is 4.79 Å². The van der Waals surface area contributed by atoms with Crippen molar-refractivity contribution in [2.75, 3.05) is 0 Å². The number of nitrogens with two attached hydrogens (primary N) is 1. The fourth-order valence-electron chi connectivity index (χ4n) is 1.82. The summed E-state index contributed by atoms with van der Waals surface area (Å²) >= 11 is 3.50. The van der Waals surface area contributed by atoms with Crippen LogP contribution in [0.25, 0.3) is 0 Å². The molecule has 3 N–H and O–H groups in total. The Morgan fingerprint density at radius 3 is 2.50 bits per heavy atom. The molecule has 0 spiro atoms. The van der Waals surface area contributed by atoms with Crippen molar-refractivity contribution in [2.24, 2.45) is 5.73 Å². The molecule has 0 radical (unpaired) electrons. The predicted molar refractivity (Wildman–Crippen MR) is 67.7 cm³/mol. The van der Waals surface area contributed by atoms with Crippen LogP contribution in [0.3, 0.4) is 0 Å². The van der Waals surface area contributed by atoms with Crippen molar-refractivity contribution in [1.82, 2.24) is 0 Å². The molecule has 0 saturated heterocycles. The third kappa shape index (κ3) is 2.62. The molecule has 3 nitrogen and oxygen atoms in total. The number of hydrogen-bond donors (Lipinski definition) is 2. The van der Waals surface area contributed by atoms with Gasteiger partial charge in [-0.1, -0.05) is 22.0 Å². The highest BCUT2D eigenvalue weighted by atomic mass is 79.9. The van der Waals surface area contributed by atoms with Gasteiger partial charge in [0.2, 0.25) is 0 Å².